The van der Waals surface area contributed by atoms with Gasteiger partial charge in [0, 0.05) is 0 Å². The predicted molar refractivity (Wildman–Crippen MR) is 64.7 cm³/mol. The molecule has 0 N–H and O–H groups in total. The van der Waals surface area contributed by atoms with Crippen molar-refractivity contribution in [1.29, 1.82) is 0 Å². The van der Waals surface area contributed by atoms with Crippen LogP contribution in [0.3, 0.4) is 0 Å². The normalized spacial score (nSPS) is 16.4. The van der Waals surface area contributed by atoms with Gasteiger partial charge < -0.3 is 4.90 Å². The van der Waals surface area contributed by atoms with Crippen LogP contribution in [0.4, 0.5) is 19.4 Å². The van der Waals surface area contributed by atoms with Gasteiger partial charge in [-0.2, -0.15) is 0 Å². The number of hydrogen-bond donors (Lipinski definition) is 0. The van der Waals surface area contributed by atoms with Crippen LogP contribution in [0, 0.1) is 0 Å². The molecule has 0 atom stereocenters. The first-order valence-electron chi connectivity index (χ1n) is 5.36. The fourth-order valence-corrected chi connectivity index (χ4v) is 2.16. The molecule has 0 saturated carbocycles. The van der Waals surface area contributed by atoms with Crippen molar-refractivity contribution in [2.75, 3.05) is 20.6 Å². The maximum Gasteiger partial charge on any atom is 0.310 e. The minimum atomic E-state index is -9.52. The molecule has 1 aromatic carbocycles. The molecule has 1 rings (SSSR count). The summed E-state index contributed by atoms with van der Waals surface area (Å²) in [5.74, 6) is 0. The lowest BCUT2D eigenvalue weighted by molar-refractivity contribution is 0.364. The molecule has 106 valence electrons. The van der Waals surface area contributed by atoms with E-state index < -0.39 is 15.1 Å². The van der Waals surface area contributed by atoms with Crippen molar-refractivity contribution < 1.29 is 19.4 Å². The molecule has 0 saturated heterocycles. The van der Waals surface area contributed by atoms with Crippen molar-refractivity contribution in [2.45, 2.75) is 17.7 Å². The number of aryl methyl sites for hydroxylation is 1. The van der Waals surface area contributed by atoms with E-state index in [2.05, 4.69) is 0 Å². The second-order valence-electron chi connectivity index (χ2n) is 4.52. The monoisotopic (exact) mass is 289 g/mol. The van der Waals surface area contributed by atoms with E-state index in [0.717, 1.165) is 25.1 Å². The van der Waals surface area contributed by atoms with Crippen molar-refractivity contribution in [3.8, 4) is 0 Å². The van der Waals surface area contributed by atoms with E-state index in [4.69, 9.17) is 0 Å². The standard InChI is InChI=1S/C11H16F5NS/c1-17(2)9-3-4-10-5-7-11(8-6-10)18(12,13,14,15)16/h5-8H,3-4,9H2,1-2H3. The molecule has 7 heteroatoms. The van der Waals surface area contributed by atoms with Crippen LogP contribution in [0.5, 0.6) is 0 Å². The summed E-state index contributed by atoms with van der Waals surface area (Å²) in [4.78, 5) is 0.120. The topological polar surface area (TPSA) is 3.24 Å². The molecule has 0 fully saturated rings. The molecular formula is C11H16F5NS. The number of halogens is 5. The van der Waals surface area contributed by atoms with Gasteiger partial charge in [-0.15, -0.1) is 0 Å². The van der Waals surface area contributed by atoms with Crippen LogP contribution in [0.1, 0.15) is 12.0 Å². The van der Waals surface area contributed by atoms with E-state index in [-0.39, 0.29) is 0 Å². The van der Waals surface area contributed by atoms with Gasteiger partial charge in [-0.05, 0) is 51.2 Å². The second kappa shape index (κ2) is 4.09. The fourth-order valence-electron chi connectivity index (χ4n) is 1.51. The van der Waals surface area contributed by atoms with Gasteiger partial charge in [0.25, 0.3) is 0 Å². The molecule has 0 bridgehead atoms. The van der Waals surface area contributed by atoms with Crippen molar-refractivity contribution in [3.63, 3.8) is 0 Å². The van der Waals surface area contributed by atoms with Gasteiger partial charge in [0.2, 0.25) is 0 Å². The van der Waals surface area contributed by atoms with Gasteiger partial charge in [0.1, 0.15) is 4.90 Å². The molecule has 0 aliphatic heterocycles. The second-order valence-corrected chi connectivity index (χ2v) is 6.93. The largest absolute Gasteiger partial charge is 0.310 e. The van der Waals surface area contributed by atoms with Crippen LogP contribution in [0.2, 0.25) is 0 Å². The van der Waals surface area contributed by atoms with E-state index in [1.807, 2.05) is 19.0 Å². The smallest absolute Gasteiger partial charge is 0.309 e. The highest BCUT2D eigenvalue weighted by molar-refractivity contribution is 8.45. The van der Waals surface area contributed by atoms with E-state index in [0.29, 0.717) is 24.1 Å². The summed E-state index contributed by atoms with van der Waals surface area (Å²) < 4.78 is 62.2. The van der Waals surface area contributed by atoms with E-state index in [1.165, 1.54) is 0 Å². The number of benzene rings is 1. The Morgan fingerprint density at radius 2 is 1.44 bits per heavy atom. The molecule has 0 aliphatic carbocycles. The summed E-state index contributed by atoms with van der Waals surface area (Å²) in [6, 6.07) is 3.16. The summed E-state index contributed by atoms with van der Waals surface area (Å²) in [5, 5.41) is 0. The molecule has 0 radical (unpaired) electrons. The zero-order valence-electron chi connectivity index (χ0n) is 10.2. The average molecular weight is 289 g/mol. The molecule has 0 aromatic heterocycles. The lowest BCUT2D eigenvalue weighted by Crippen LogP contribution is -2.13. The molecule has 18 heavy (non-hydrogen) atoms. The highest BCUT2D eigenvalue weighted by Gasteiger charge is 2.65. The number of rotatable bonds is 5. The van der Waals surface area contributed by atoms with Crippen LogP contribution in [0.15, 0.2) is 29.2 Å². The summed E-state index contributed by atoms with van der Waals surface area (Å²) in [5.41, 5.74) is 0.627. The maximum atomic E-state index is 12.4. The first-order chi connectivity index (χ1) is 7.88. The van der Waals surface area contributed by atoms with Crippen LogP contribution >= 0.6 is 10.2 Å². The fraction of sp³-hybridized carbons (Fsp3) is 0.455. The molecule has 0 amide bonds. The number of nitrogens with zero attached hydrogens (tertiary/aromatic N) is 1. The molecule has 0 unspecified atom stereocenters. The van der Waals surface area contributed by atoms with Gasteiger partial charge in [-0.3, -0.25) is 0 Å². The van der Waals surface area contributed by atoms with Crippen molar-refractivity contribution in [3.05, 3.63) is 29.8 Å². The Kier molecular flexibility index (Phi) is 3.47. The zero-order valence-corrected chi connectivity index (χ0v) is 11.0. The van der Waals surface area contributed by atoms with Crippen LogP contribution in [-0.4, -0.2) is 25.5 Å². The van der Waals surface area contributed by atoms with Crippen LogP contribution in [0.25, 0.3) is 0 Å². The van der Waals surface area contributed by atoms with E-state index in [1.54, 1.807) is 0 Å². The lowest BCUT2D eigenvalue weighted by Gasteiger charge is -2.40. The third-order valence-corrected chi connectivity index (χ3v) is 3.60. The summed E-state index contributed by atoms with van der Waals surface area (Å²) in [6.45, 7) is 0.795. The van der Waals surface area contributed by atoms with E-state index in [9.17, 15) is 19.4 Å². The first-order valence-corrected chi connectivity index (χ1v) is 7.31. The van der Waals surface area contributed by atoms with Crippen LogP contribution < -0.4 is 0 Å². The molecule has 1 aromatic rings. The molecule has 1 nitrogen and oxygen atoms in total. The van der Waals surface area contributed by atoms with Crippen LogP contribution in [-0.2, 0) is 6.42 Å². The van der Waals surface area contributed by atoms with Gasteiger partial charge >= 0.3 is 10.2 Å². The number of hydrogen-bond acceptors (Lipinski definition) is 1. The van der Waals surface area contributed by atoms with Gasteiger partial charge in [-0.25, -0.2) is 0 Å². The van der Waals surface area contributed by atoms with Gasteiger partial charge in [0.05, 0.1) is 0 Å². The Balaban J connectivity index is 2.76. The molecule has 0 spiro atoms. The van der Waals surface area contributed by atoms with Crippen molar-refractivity contribution in [1.82, 2.24) is 4.90 Å². The minimum Gasteiger partial charge on any atom is -0.309 e. The molecular weight excluding hydrogens is 273 g/mol. The Morgan fingerprint density at radius 1 is 0.944 bits per heavy atom. The average Bonchev–Trinajstić information content (AvgIpc) is 2.14. The highest BCUT2D eigenvalue weighted by Crippen LogP contribution is 3.02. The Morgan fingerprint density at radius 3 is 1.83 bits per heavy atom. The van der Waals surface area contributed by atoms with Gasteiger partial charge in [0.15, 0.2) is 0 Å². The highest BCUT2D eigenvalue weighted by atomic mass is 32.5. The van der Waals surface area contributed by atoms with Crippen molar-refractivity contribution >= 4 is 10.2 Å². The zero-order chi connectivity index (χ0) is 14.1. The first kappa shape index (κ1) is 15.2. The van der Waals surface area contributed by atoms with E-state index >= 15 is 0 Å². The summed E-state index contributed by atoms with van der Waals surface area (Å²) in [7, 11) is -5.74. The predicted octanol–water partition coefficient (Wildman–Crippen LogP) is 4.84. The maximum absolute atomic E-state index is 12.4. The Bertz CT molecular complexity index is 408. The summed E-state index contributed by atoms with van der Waals surface area (Å²) in [6.07, 6.45) is 1.33. The molecule has 0 heterocycles. The third kappa shape index (κ3) is 4.81. The summed E-state index contributed by atoms with van der Waals surface area (Å²) >= 11 is 0. The third-order valence-electron chi connectivity index (χ3n) is 2.44. The lowest BCUT2D eigenvalue weighted by atomic mass is 10.1. The van der Waals surface area contributed by atoms with Gasteiger partial charge in [-0.1, -0.05) is 31.6 Å². The SMILES string of the molecule is CN(C)CCCc1ccc(S(F)(F)(F)(F)F)cc1. The minimum absolute atomic E-state index is 0.465. The Labute approximate surface area is 103 Å². The quantitative estimate of drug-likeness (QED) is 0.701. The molecule has 0 aliphatic rings. The van der Waals surface area contributed by atoms with Crippen molar-refractivity contribution in [2.24, 2.45) is 0 Å². The Hall–Kier alpha value is -0.820.